The zero-order valence-corrected chi connectivity index (χ0v) is 15.2. The molecule has 0 unspecified atom stereocenters. The van der Waals surface area contributed by atoms with Crippen molar-refractivity contribution in [1.29, 1.82) is 0 Å². The smallest absolute Gasteiger partial charge is 0.216 e. The summed E-state index contributed by atoms with van der Waals surface area (Å²) in [6, 6.07) is 14.7. The molecule has 1 aliphatic rings. The molecule has 0 aliphatic carbocycles. The van der Waals surface area contributed by atoms with Crippen molar-refractivity contribution in [2.24, 2.45) is 0 Å². The molecule has 0 aromatic heterocycles. The zero-order chi connectivity index (χ0) is 16.6. The fourth-order valence-electron chi connectivity index (χ4n) is 2.27. The van der Waals surface area contributed by atoms with Crippen LogP contribution in [0.3, 0.4) is 0 Å². The molecule has 0 amide bonds. The molecular weight excluding hydrogens is 373 g/mol. The SMILES string of the molecule is CN1C(=CC(=O)c2ccc(C(Cl)(Cl)Cl)cc2)Sc2ccccc21. The second-order valence-electron chi connectivity index (χ2n) is 5.05. The number of ketones is 1. The lowest BCUT2D eigenvalue weighted by Crippen LogP contribution is -2.11. The molecule has 0 saturated carbocycles. The molecule has 3 rings (SSSR count). The maximum absolute atomic E-state index is 12.4. The van der Waals surface area contributed by atoms with Gasteiger partial charge in [0.05, 0.1) is 10.7 Å². The third-order valence-corrected chi connectivity index (χ3v) is 5.34. The van der Waals surface area contributed by atoms with Gasteiger partial charge in [0.25, 0.3) is 0 Å². The lowest BCUT2D eigenvalue weighted by Gasteiger charge is -2.13. The van der Waals surface area contributed by atoms with Crippen LogP contribution in [0.25, 0.3) is 0 Å². The normalized spacial score (nSPS) is 15.8. The van der Waals surface area contributed by atoms with E-state index in [1.807, 2.05) is 36.2 Å². The predicted octanol–water partition coefficient (Wildman–Crippen LogP) is 5.78. The topological polar surface area (TPSA) is 20.3 Å². The number of hydrogen-bond acceptors (Lipinski definition) is 3. The number of alkyl halides is 3. The van der Waals surface area contributed by atoms with E-state index >= 15 is 0 Å². The molecule has 23 heavy (non-hydrogen) atoms. The first-order valence-electron chi connectivity index (χ1n) is 6.80. The Bertz CT molecular complexity index is 781. The van der Waals surface area contributed by atoms with Crippen LogP contribution in [0, 0.1) is 0 Å². The molecule has 0 atom stereocenters. The first-order valence-corrected chi connectivity index (χ1v) is 8.75. The average Bonchev–Trinajstić information content (AvgIpc) is 2.83. The van der Waals surface area contributed by atoms with Crippen molar-refractivity contribution in [1.82, 2.24) is 0 Å². The van der Waals surface area contributed by atoms with Gasteiger partial charge in [-0.1, -0.05) is 83.0 Å². The van der Waals surface area contributed by atoms with E-state index in [9.17, 15) is 4.79 Å². The largest absolute Gasteiger partial charge is 0.338 e. The molecule has 2 aromatic carbocycles. The van der Waals surface area contributed by atoms with Gasteiger partial charge in [-0.3, -0.25) is 4.79 Å². The van der Waals surface area contributed by atoms with Crippen LogP contribution in [0.5, 0.6) is 0 Å². The Kier molecular flexibility index (Phi) is 4.65. The number of para-hydroxylation sites is 1. The first kappa shape index (κ1) is 16.7. The Balaban J connectivity index is 1.83. The number of hydrogen-bond donors (Lipinski definition) is 0. The lowest BCUT2D eigenvalue weighted by atomic mass is 10.1. The summed E-state index contributed by atoms with van der Waals surface area (Å²) in [6.45, 7) is 0. The Morgan fingerprint density at radius 1 is 1.09 bits per heavy atom. The average molecular weight is 385 g/mol. The van der Waals surface area contributed by atoms with Crippen LogP contribution in [0.4, 0.5) is 5.69 Å². The van der Waals surface area contributed by atoms with E-state index in [1.54, 1.807) is 42.1 Å². The van der Waals surface area contributed by atoms with Gasteiger partial charge in [0.2, 0.25) is 3.79 Å². The summed E-state index contributed by atoms with van der Waals surface area (Å²) in [7, 11) is 1.95. The third-order valence-electron chi connectivity index (χ3n) is 3.52. The minimum absolute atomic E-state index is 0.0805. The number of halogens is 3. The highest BCUT2D eigenvalue weighted by molar-refractivity contribution is 8.03. The van der Waals surface area contributed by atoms with Crippen molar-refractivity contribution in [3.63, 3.8) is 0 Å². The Morgan fingerprint density at radius 2 is 1.74 bits per heavy atom. The van der Waals surface area contributed by atoms with Crippen LogP contribution >= 0.6 is 46.6 Å². The molecule has 2 nitrogen and oxygen atoms in total. The monoisotopic (exact) mass is 383 g/mol. The summed E-state index contributed by atoms with van der Waals surface area (Å²) in [4.78, 5) is 15.6. The summed E-state index contributed by atoms with van der Waals surface area (Å²) < 4.78 is -1.48. The van der Waals surface area contributed by atoms with E-state index in [1.165, 1.54) is 0 Å². The van der Waals surface area contributed by atoms with Gasteiger partial charge in [-0.05, 0) is 12.1 Å². The van der Waals surface area contributed by atoms with Crippen LogP contribution < -0.4 is 4.90 Å². The van der Waals surface area contributed by atoms with Gasteiger partial charge < -0.3 is 4.90 Å². The fourth-order valence-corrected chi connectivity index (χ4v) is 3.73. The molecule has 1 heterocycles. The lowest BCUT2D eigenvalue weighted by molar-refractivity contribution is 0.104. The van der Waals surface area contributed by atoms with E-state index in [0.29, 0.717) is 11.1 Å². The molecule has 6 heteroatoms. The van der Waals surface area contributed by atoms with E-state index < -0.39 is 3.79 Å². The maximum atomic E-state index is 12.4. The second kappa shape index (κ2) is 6.40. The number of nitrogens with zero attached hydrogens (tertiary/aromatic N) is 1. The summed E-state index contributed by atoms with van der Waals surface area (Å²) >= 11 is 19.0. The molecule has 0 N–H and O–H groups in total. The maximum Gasteiger partial charge on any atom is 0.216 e. The van der Waals surface area contributed by atoms with Gasteiger partial charge in [0, 0.05) is 29.1 Å². The molecule has 0 fully saturated rings. The van der Waals surface area contributed by atoms with Gasteiger partial charge in [-0.2, -0.15) is 0 Å². The summed E-state index contributed by atoms with van der Waals surface area (Å²) in [5.41, 5.74) is 2.19. The zero-order valence-electron chi connectivity index (χ0n) is 12.1. The Morgan fingerprint density at radius 3 is 2.35 bits per heavy atom. The number of carbonyl (C=O) groups is 1. The van der Waals surface area contributed by atoms with Crippen LogP contribution in [0.15, 0.2) is 64.5 Å². The van der Waals surface area contributed by atoms with Gasteiger partial charge in [-0.25, -0.2) is 0 Å². The molecule has 1 aliphatic heterocycles. The Labute approximate surface area is 154 Å². The second-order valence-corrected chi connectivity index (χ2v) is 8.39. The highest BCUT2D eigenvalue weighted by atomic mass is 35.6. The predicted molar refractivity (Wildman–Crippen MR) is 98.8 cm³/mol. The first-order chi connectivity index (χ1) is 10.9. The number of anilines is 1. The highest BCUT2D eigenvalue weighted by Crippen LogP contribution is 2.44. The molecule has 2 aromatic rings. The number of rotatable bonds is 2. The van der Waals surface area contributed by atoms with Gasteiger partial charge in [-0.15, -0.1) is 0 Å². The van der Waals surface area contributed by atoms with Crippen molar-refractivity contribution in [3.8, 4) is 0 Å². The van der Waals surface area contributed by atoms with Crippen LogP contribution in [0.1, 0.15) is 15.9 Å². The van der Waals surface area contributed by atoms with Crippen LogP contribution in [0.2, 0.25) is 0 Å². The summed E-state index contributed by atoms with van der Waals surface area (Å²) in [5.74, 6) is -0.0805. The molecule has 0 saturated heterocycles. The molecule has 0 radical (unpaired) electrons. The van der Waals surface area contributed by atoms with Gasteiger partial charge in [0.1, 0.15) is 0 Å². The minimum Gasteiger partial charge on any atom is -0.338 e. The van der Waals surface area contributed by atoms with Crippen molar-refractivity contribution in [2.75, 3.05) is 11.9 Å². The number of allylic oxidation sites excluding steroid dienone is 1. The quantitative estimate of drug-likeness (QED) is 0.372. The van der Waals surface area contributed by atoms with Crippen LogP contribution in [-0.2, 0) is 3.79 Å². The van der Waals surface area contributed by atoms with E-state index in [2.05, 4.69) is 0 Å². The molecular formula is C17H12Cl3NOS. The number of benzene rings is 2. The van der Waals surface area contributed by atoms with E-state index in [0.717, 1.165) is 15.6 Å². The van der Waals surface area contributed by atoms with Gasteiger partial charge in [0.15, 0.2) is 5.78 Å². The standard InChI is InChI=1S/C17H12Cl3NOS/c1-21-13-4-2-3-5-15(13)23-16(21)10-14(22)11-6-8-12(9-7-11)17(18,19)20/h2-10H,1H3. The van der Waals surface area contributed by atoms with Crippen LogP contribution in [-0.4, -0.2) is 12.8 Å². The minimum atomic E-state index is -1.48. The number of carbonyl (C=O) groups excluding carboxylic acids is 1. The molecule has 0 spiro atoms. The molecule has 0 bridgehead atoms. The third kappa shape index (κ3) is 3.53. The van der Waals surface area contributed by atoms with Crippen molar-refractivity contribution in [2.45, 2.75) is 8.69 Å². The van der Waals surface area contributed by atoms with E-state index in [4.69, 9.17) is 34.8 Å². The summed E-state index contributed by atoms with van der Waals surface area (Å²) in [6.07, 6.45) is 1.63. The van der Waals surface area contributed by atoms with Crippen molar-refractivity contribution in [3.05, 3.63) is 70.8 Å². The van der Waals surface area contributed by atoms with E-state index in [-0.39, 0.29) is 5.78 Å². The molecule has 118 valence electrons. The highest BCUT2D eigenvalue weighted by Gasteiger charge is 2.24. The van der Waals surface area contributed by atoms with Gasteiger partial charge >= 0.3 is 0 Å². The van der Waals surface area contributed by atoms with Crippen molar-refractivity contribution >= 4 is 58.0 Å². The number of fused-ring (bicyclic) bond motifs is 1. The summed E-state index contributed by atoms with van der Waals surface area (Å²) in [5, 5.41) is 0.890. The Hall–Kier alpha value is -1.13. The number of thioether (sulfide) groups is 1. The fraction of sp³-hybridized carbons (Fsp3) is 0.118. The van der Waals surface area contributed by atoms with Crippen molar-refractivity contribution < 1.29 is 4.79 Å².